The Bertz CT molecular complexity index is 960. The molecule has 0 saturated carbocycles. The SMILES string of the molecule is C=CCOC(=O)O[C@H]1[C@@H](OC(=O)Nc2ccc(C#N)cc2)[C@@H](CO)O[C@H](OC)[C@@H]1OC(=O)OCC=C. The first-order chi connectivity index (χ1) is 17.4. The van der Waals surface area contributed by atoms with Gasteiger partial charge in [-0.15, -0.1) is 0 Å². The number of benzene rings is 1. The van der Waals surface area contributed by atoms with Gasteiger partial charge in [0, 0.05) is 12.8 Å². The van der Waals surface area contributed by atoms with Crippen LogP contribution in [0.25, 0.3) is 0 Å². The summed E-state index contributed by atoms with van der Waals surface area (Å²) in [5.74, 6) is 0. The summed E-state index contributed by atoms with van der Waals surface area (Å²) in [7, 11) is 1.22. The third kappa shape index (κ3) is 7.98. The van der Waals surface area contributed by atoms with Crippen LogP contribution in [0.5, 0.6) is 0 Å². The maximum atomic E-state index is 12.6. The van der Waals surface area contributed by atoms with Crippen molar-refractivity contribution in [2.24, 2.45) is 0 Å². The van der Waals surface area contributed by atoms with Gasteiger partial charge in [-0.1, -0.05) is 25.3 Å². The van der Waals surface area contributed by atoms with Crippen LogP contribution in [0.15, 0.2) is 49.6 Å². The van der Waals surface area contributed by atoms with Crippen molar-refractivity contribution in [1.29, 1.82) is 5.26 Å². The highest BCUT2D eigenvalue weighted by atomic mass is 16.8. The fourth-order valence-corrected chi connectivity index (χ4v) is 3.06. The Morgan fingerprint density at radius 2 is 1.61 bits per heavy atom. The van der Waals surface area contributed by atoms with E-state index in [1.165, 1.54) is 43.5 Å². The molecule has 36 heavy (non-hydrogen) atoms. The predicted molar refractivity (Wildman–Crippen MR) is 121 cm³/mol. The van der Waals surface area contributed by atoms with Crippen LogP contribution in [0.3, 0.4) is 0 Å². The van der Waals surface area contributed by atoms with Gasteiger partial charge < -0.3 is 38.3 Å². The number of nitrogens with one attached hydrogen (secondary N) is 1. The van der Waals surface area contributed by atoms with E-state index in [1.54, 1.807) is 0 Å². The molecule has 5 atom stereocenters. The fourth-order valence-electron chi connectivity index (χ4n) is 3.06. The van der Waals surface area contributed by atoms with Crippen molar-refractivity contribution in [3.63, 3.8) is 0 Å². The predicted octanol–water partition coefficient (Wildman–Crippen LogP) is 2.25. The summed E-state index contributed by atoms with van der Waals surface area (Å²) >= 11 is 0. The monoisotopic (exact) mass is 506 g/mol. The average molecular weight is 506 g/mol. The molecule has 1 heterocycles. The molecule has 0 aliphatic carbocycles. The standard InChI is InChI=1S/C23H26N2O11/c1-4-10-31-22(28)35-18-17(34-21(27)25-15-8-6-14(12-24)7-9-15)16(13-26)33-20(30-3)19(18)36-23(29)32-11-5-2/h4-9,16-20,26H,1-2,10-11,13H2,3H3,(H,25,27)/t16-,17+,18+,19-,20+/m1/s1. The summed E-state index contributed by atoms with van der Waals surface area (Å²) in [5, 5.41) is 21.2. The van der Waals surface area contributed by atoms with Crippen LogP contribution >= 0.6 is 0 Å². The Morgan fingerprint density at radius 3 is 2.11 bits per heavy atom. The number of nitriles is 1. The fraction of sp³-hybridized carbons (Fsp3) is 0.391. The molecule has 1 aliphatic heterocycles. The van der Waals surface area contributed by atoms with Gasteiger partial charge in [0.15, 0.2) is 24.6 Å². The summed E-state index contributed by atoms with van der Waals surface area (Å²) in [6.07, 6.45) is -7.98. The third-order valence-electron chi connectivity index (χ3n) is 4.61. The zero-order chi connectivity index (χ0) is 26.5. The molecule has 1 aromatic rings. The van der Waals surface area contributed by atoms with Crippen molar-refractivity contribution in [1.82, 2.24) is 0 Å². The maximum absolute atomic E-state index is 12.6. The van der Waals surface area contributed by atoms with Crippen molar-refractivity contribution in [3.05, 3.63) is 55.1 Å². The molecule has 194 valence electrons. The Hall–Kier alpha value is -4.12. The smallest absolute Gasteiger partial charge is 0.439 e. The van der Waals surface area contributed by atoms with Gasteiger partial charge >= 0.3 is 18.4 Å². The van der Waals surface area contributed by atoms with Crippen LogP contribution in [0.2, 0.25) is 0 Å². The van der Waals surface area contributed by atoms with Crippen LogP contribution in [-0.2, 0) is 33.2 Å². The lowest BCUT2D eigenvalue weighted by Gasteiger charge is -2.43. The molecule has 1 aromatic carbocycles. The molecule has 2 rings (SSSR count). The molecule has 1 amide bonds. The van der Waals surface area contributed by atoms with E-state index in [2.05, 4.69) is 18.5 Å². The highest BCUT2D eigenvalue weighted by molar-refractivity contribution is 5.84. The van der Waals surface area contributed by atoms with E-state index >= 15 is 0 Å². The zero-order valence-corrected chi connectivity index (χ0v) is 19.4. The largest absolute Gasteiger partial charge is 0.509 e. The first-order valence-electron chi connectivity index (χ1n) is 10.5. The Morgan fingerprint density at radius 1 is 1.03 bits per heavy atom. The summed E-state index contributed by atoms with van der Waals surface area (Å²) in [4.78, 5) is 37.0. The molecule has 2 N–H and O–H groups in total. The number of hydrogen-bond acceptors (Lipinski definition) is 12. The number of rotatable bonds is 10. The number of nitrogens with zero attached hydrogens (tertiary/aromatic N) is 1. The van der Waals surface area contributed by atoms with E-state index in [4.69, 9.17) is 38.4 Å². The van der Waals surface area contributed by atoms with Crippen molar-refractivity contribution >= 4 is 24.1 Å². The van der Waals surface area contributed by atoms with Gasteiger partial charge in [0.1, 0.15) is 19.3 Å². The minimum atomic E-state index is -1.55. The lowest BCUT2D eigenvalue weighted by Crippen LogP contribution is -2.63. The van der Waals surface area contributed by atoms with E-state index in [1.807, 2.05) is 6.07 Å². The van der Waals surface area contributed by atoms with Gasteiger partial charge in [0.05, 0.1) is 18.2 Å². The number of aliphatic hydroxyl groups is 1. The van der Waals surface area contributed by atoms with Crippen molar-refractivity contribution in [2.45, 2.75) is 30.7 Å². The van der Waals surface area contributed by atoms with Crippen molar-refractivity contribution in [3.8, 4) is 6.07 Å². The Balaban J connectivity index is 2.30. The average Bonchev–Trinajstić information content (AvgIpc) is 2.88. The van der Waals surface area contributed by atoms with Crippen LogP contribution in [0, 0.1) is 11.3 Å². The van der Waals surface area contributed by atoms with Gasteiger partial charge in [-0.25, -0.2) is 14.4 Å². The summed E-state index contributed by atoms with van der Waals surface area (Å²) in [6.45, 7) is 5.78. The maximum Gasteiger partial charge on any atom is 0.509 e. The number of amides is 1. The molecule has 0 radical (unpaired) electrons. The number of carbonyl (C=O) groups is 3. The zero-order valence-electron chi connectivity index (χ0n) is 19.4. The first-order valence-corrected chi connectivity index (χ1v) is 10.5. The number of anilines is 1. The van der Waals surface area contributed by atoms with Crippen molar-refractivity contribution < 1.29 is 52.6 Å². The number of hydrogen-bond donors (Lipinski definition) is 2. The highest BCUT2D eigenvalue weighted by Crippen LogP contribution is 2.30. The molecule has 1 aliphatic rings. The molecule has 0 aromatic heterocycles. The van der Waals surface area contributed by atoms with Gasteiger partial charge in [-0.3, -0.25) is 5.32 Å². The lowest BCUT2D eigenvalue weighted by atomic mass is 9.98. The van der Waals surface area contributed by atoms with E-state index in [0.717, 1.165) is 0 Å². The van der Waals surface area contributed by atoms with E-state index in [0.29, 0.717) is 5.56 Å². The molecule has 1 saturated heterocycles. The quantitative estimate of drug-likeness (QED) is 0.270. The second kappa shape index (κ2) is 14.3. The van der Waals surface area contributed by atoms with Crippen LogP contribution in [0.4, 0.5) is 20.1 Å². The summed E-state index contributed by atoms with van der Waals surface area (Å²) in [5.41, 5.74) is 0.657. The van der Waals surface area contributed by atoms with Crippen LogP contribution in [0.1, 0.15) is 5.56 Å². The minimum Gasteiger partial charge on any atom is -0.439 e. The molecule has 0 spiro atoms. The number of aliphatic hydroxyl groups excluding tert-OH is 1. The van der Waals surface area contributed by atoms with Gasteiger partial charge in [-0.2, -0.15) is 5.26 Å². The molecule has 13 heteroatoms. The van der Waals surface area contributed by atoms with Gasteiger partial charge in [0.25, 0.3) is 0 Å². The topological polar surface area (TPSA) is 172 Å². The minimum absolute atomic E-state index is 0.177. The first kappa shape index (κ1) is 28.1. The number of carbonyl (C=O) groups excluding carboxylic acids is 3. The lowest BCUT2D eigenvalue weighted by molar-refractivity contribution is -0.295. The molecular weight excluding hydrogens is 480 g/mol. The number of methoxy groups -OCH3 is 1. The molecule has 13 nitrogen and oxygen atoms in total. The summed E-state index contributed by atoms with van der Waals surface area (Å²) in [6, 6.07) is 7.81. The van der Waals surface area contributed by atoms with E-state index in [-0.39, 0.29) is 18.9 Å². The van der Waals surface area contributed by atoms with Crippen LogP contribution in [-0.4, -0.2) is 81.1 Å². The van der Waals surface area contributed by atoms with Crippen molar-refractivity contribution in [2.75, 3.05) is 32.2 Å². The molecule has 0 bridgehead atoms. The van der Waals surface area contributed by atoms with Crippen LogP contribution < -0.4 is 5.32 Å². The number of ether oxygens (including phenoxy) is 7. The second-order valence-electron chi connectivity index (χ2n) is 7.01. The Labute approximate surface area is 206 Å². The molecular formula is C23H26N2O11. The summed E-state index contributed by atoms with van der Waals surface area (Å²) < 4.78 is 36.3. The molecule has 1 fully saturated rings. The third-order valence-corrected chi connectivity index (χ3v) is 4.61. The van der Waals surface area contributed by atoms with E-state index < -0.39 is 55.7 Å². The molecule has 0 unspecified atom stereocenters. The van der Waals surface area contributed by atoms with E-state index in [9.17, 15) is 19.5 Å². The van der Waals surface area contributed by atoms with Gasteiger partial charge in [-0.05, 0) is 24.3 Å². The van der Waals surface area contributed by atoms with Gasteiger partial charge in [0.2, 0.25) is 0 Å². The normalized spacial score (nSPS) is 22.8. The highest BCUT2D eigenvalue weighted by Gasteiger charge is 2.53. The second-order valence-corrected chi connectivity index (χ2v) is 7.01. The Kier molecular flexibility index (Phi) is 11.2.